The van der Waals surface area contributed by atoms with E-state index in [9.17, 15) is 0 Å². The fourth-order valence-corrected chi connectivity index (χ4v) is 1.75. The number of hydrogen-bond acceptors (Lipinski definition) is 2. The molecule has 2 aromatic rings. The van der Waals surface area contributed by atoms with Gasteiger partial charge in [0.05, 0.1) is 5.69 Å². The van der Waals surface area contributed by atoms with Crippen LogP contribution in [0.2, 0.25) is 0 Å². The molecule has 0 aliphatic carbocycles. The van der Waals surface area contributed by atoms with Crippen LogP contribution in [0.15, 0.2) is 28.7 Å². The van der Waals surface area contributed by atoms with Crippen LogP contribution in [0.5, 0.6) is 0 Å². The van der Waals surface area contributed by atoms with Crippen LogP contribution in [-0.2, 0) is 7.05 Å². The van der Waals surface area contributed by atoms with Gasteiger partial charge in [-0.3, -0.25) is 0 Å². The quantitative estimate of drug-likeness (QED) is 0.862. The van der Waals surface area contributed by atoms with Crippen LogP contribution in [0.25, 0.3) is 11.3 Å². The predicted molar refractivity (Wildman–Crippen MR) is 65.5 cm³/mol. The van der Waals surface area contributed by atoms with Crippen LogP contribution in [-0.4, -0.2) is 9.55 Å². The first kappa shape index (κ1) is 10.2. The molecular formula is C11H12BrN3. The molecule has 0 amide bonds. The minimum atomic E-state index is 0.547. The third-order valence-corrected chi connectivity index (χ3v) is 3.06. The molecule has 1 heterocycles. The molecule has 0 spiro atoms. The maximum Gasteiger partial charge on any atom is 0.200 e. The molecule has 78 valence electrons. The minimum absolute atomic E-state index is 0.547. The zero-order valence-corrected chi connectivity index (χ0v) is 10.2. The molecule has 0 fully saturated rings. The van der Waals surface area contributed by atoms with Crippen molar-refractivity contribution in [2.45, 2.75) is 6.92 Å². The fraction of sp³-hybridized carbons (Fsp3) is 0.182. The van der Waals surface area contributed by atoms with E-state index in [2.05, 4.69) is 20.9 Å². The maximum atomic E-state index is 5.75. The van der Waals surface area contributed by atoms with Crippen molar-refractivity contribution in [1.29, 1.82) is 0 Å². The van der Waals surface area contributed by atoms with E-state index >= 15 is 0 Å². The van der Waals surface area contributed by atoms with Gasteiger partial charge in [0, 0.05) is 22.8 Å². The van der Waals surface area contributed by atoms with E-state index < -0.39 is 0 Å². The van der Waals surface area contributed by atoms with Gasteiger partial charge in [0.25, 0.3) is 0 Å². The first-order valence-electron chi connectivity index (χ1n) is 4.64. The Morgan fingerprint density at radius 1 is 1.27 bits per heavy atom. The van der Waals surface area contributed by atoms with E-state index in [1.165, 1.54) is 0 Å². The Bertz CT molecular complexity index is 485. The summed E-state index contributed by atoms with van der Waals surface area (Å²) in [4.78, 5) is 4.34. The lowest BCUT2D eigenvalue weighted by Crippen LogP contribution is -1.97. The van der Waals surface area contributed by atoms with E-state index in [-0.39, 0.29) is 0 Å². The van der Waals surface area contributed by atoms with Crippen molar-refractivity contribution in [3.8, 4) is 11.3 Å². The monoisotopic (exact) mass is 265 g/mol. The molecule has 0 radical (unpaired) electrons. The van der Waals surface area contributed by atoms with Gasteiger partial charge in [0.15, 0.2) is 0 Å². The standard InChI is InChI=1S/C11H12BrN3/c1-7-10(14-11(13)15(7)2)8-3-5-9(12)6-4-8/h3-6H,1-2H3,(H2,13,14). The highest BCUT2D eigenvalue weighted by atomic mass is 79.9. The van der Waals surface area contributed by atoms with Gasteiger partial charge in [0.1, 0.15) is 0 Å². The Kier molecular flexibility index (Phi) is 2.52. The number of hydrogen-bond donors (Lipinski definition) is 1. The molecule has 0 saturated heterocycles. The van der Waals surface area contributed by atoms with E-state index in [0.717, 1.165) is 21.4 Å². The smallest absolute Gasteiger partial charge is 0.200 e. The average Bonchev–Trinajstić information content (AvgIpc) is 2.47. The van der Waals surface area contributed by atoms with Gasteiger partial charge in [-0.05, 0) is 19.1 Å². The number of benzene rings is 1. The number of rotatable bonds is 1. The van der Waals surface area contributed by atoms with Gasteiger partial charge in [0.2, 0.25) is 5.95 Å². The van der Waals surface area contributed by atoms with Gasteiger partial charge in [-0.25, -0.2) is 4.98 Å². The molecule has 2 N–H and O–H groups in total. The molecule has 0 atom stereocenters. The minimum Gasteiger partial charge on any atom is -0.369 e. The highest BCUT2D eigenvalue weighted by molar-refractivity contribution is 9.10. The summed E-state index contributed by atoms with van der Waals surface area (Å²) in [5.74, 6) is 0.547. The summed E-state index contributed by atoms with van der Waals surface area (Å²) in [7, 11) is 1.92. The van der Waals surface area contributed by atoms with Crippen molar-refractivity contribution in [3.05, 3.63) is 34.4 Å². The largest absolute Gasteiger partial charge is 0.369 e. The summed E-state index contributed by atoms with van der Waals surface area (Å²) in [5, 5.41) is 0. The highest BCUT2D eigenvalue weighted by Gasteiger charge is 2.09. The molecule has 0 bridgehead atoms. The number of nitrogens with two attached hydrogens (primary N) is 1. The van der Waals surface area contributed by atoms with Crippen LogP contribution >= 0.6 is 15.9 Å². The molecule has 1 aromatic carbocycles. The second-order valence-electron chi connectivity index (χ2n) is 3.47. The molecular weight excluding hydrogens is 254 g/mol. The third-order valence-electron chi connectivity index (χ3n) is 2.53. The van der Waals surface area contributed by atoms with Gasteiger partial charge in [-0.1, -0.05) is 28.1 Å². The number of nitrogen functional groups attached to an aromatic ring is 1. The third kappa shape index (κ3) is 1.77. The summed E-state index contributed by atoms with van der Waals surface area (Å²) < 4.78 is 2.95. The zero-order valence-electron chi connectivity index (χ0n) is 8.66. The van der Waals surface area contributed by atoms with Crippen molar-refractivity contribution < 1.29 is 0 Å². The number of nitrogens with zero attached hydrogens (tertiary/aromatic N) is 2. The Morgan fingerprint density at radius 2 is 1.87 bits per heavy atom. The van der Waals surface area contributed by atoms with E-state index in [0.29, 0.717) is 5.95 Å². The van der Waals surface area contributed by atoms with Gasteiger partial charge >= 0.3 is 0 Å². The van der Waals surface area contributed by atoms with E-state index in [1.54, 1.807) is 0 Å². The molecule has 0 saturated carbocycles. The van der Waals surface area contributed by atoms with Crippen molar-refractivity contribution in [3.63, 3.8) is 0 Å². The van der Waals surface area contributed by atoms with Crippen molar-refractivity contribution in [2.75, 3.05) is 5.73 Å². The SMILES string of the molecule is Cc1c(-c2ccc(Br)cc2)nc(N)n1C. The Morgan fingerprint density at radius 3 is 2.33 bits per heavy atom. The summed E-state index contributed by atoms with van der Waals surface area (Å²) >= 11 is 3.41. The van der Waals surface area contributed by atoms with E-state index in [1.807, 2.05) is 42.8 Å². The van der Waals surface area contributed by atoms with Crippen LogP contribution in [0.3, 0.4) is 0 Å². The van der Waals surface area contributed by atoms with Crippen LogP contribution in [0, 0.1) is 6.92 Å². The number of imidazole rings is 1. The lowest BCUT2D eigenvalue weighted by molar-refractivity contribution is 0.889. The van der Waals surface area contributed by atoms with E-state index in [4.69, 9.17) is 5.73 Å². The molecule has 0 aliphatic rings. The lowest BCUT2D eigenvalue weighted by atomic mass is 10.1. The zero-order chi connectivity index (χ0) is 11.0. The summed E-state index contributed by atoms with van der Waals surface area (Å²) in [5.41, 5.74) is 8.86. The topological polar surface area (TPSA) is 43.8 Å². The molecule has 4 heteroatoms. The summed E-state index contributed by atoms with van der Waals surface area (Å²) in [6, 6.07) is 8.05. The van der Waals surface area contributed by atoms with Gasteiger partial charge in [-0.15, -0.1) is 0 Å². The summed E-state index contributed by atoms with van der Waals surface area (Å²) in [6.07, 6.45) is 0. The molecule has 15 heavy (non-hydrogen) atoms. The first-order chi connectivity index (χ1) is 7.09. The number of halogens is 1. The molecule has 2 rings (SSSR count). The van der Waals surface area contributed by atoms with Gasteiger partial charge < -0.3 is 10.3 Å². The predicted octanol–water partition coefficient (Wildman–Crippen LogP) is 2.74. The van der Waals surface area contributed by atoms with Crippen LogP contribution in [0.4, 0.5) is 5.95 Å². The van der Waals surface area contributed by atoms with Crippen molar-refractivity contribution in [1.82, 2.24) is 9.55 Å². The van der Waals surface area contributed by atoms with Crippen LogP contribution < -0.4 is 5.73 Å². The number of anilines is 1. The Hall–Kier alpha value is -1.29. The second kappa shape index (κ2) is 3.70. The highest BCUT2D eigenvalue weighted by Crippen LogP contribution is 2.25. The normalized spacial score (nSPS) is 10.6. The fourth-order valence-electron chi connectivity index (χ4n) is 1.48. The Labute approximate surface area is 97.1 Å². The molecule has 0 unspecified atom stereocenters. The van der Waals surface area contributed by atoms with Crippen molar-refractivity contribution >= 4 is 21.9 Å². The average molecular weight is 266 g/mol. The maximum absolute atomic E-state index is 5.75. The van der Waals surface area contributed by atoms with Crippen molar-refractivity contribution in [2.24, 2.45) is 7.05 Å². The summed E-state index contributed by atoms with van der Waals surface area (Å²) in [6.45, 7) is 2.01. The Balaban J connectivity index is 2.54. The molecule has 0 aliphatic heterocycles. The van der Waals surface area contributed by atoms with Crippen LogP contribution in [0.1, 0.15) is 5.69 Å². The molecule has 3 nitrogen and oxygen atoms in total. The molecule has 1 aromatic heterocycles. The lowest BCUT2D eigenvalue weighted by Gasteiger charge is -2.00. The number of aromatic nitrogens is 2. The first-order valence-corrected chi connectivity index (χ1v) is 5.43. The second-order valence-corrected chi connectivity index (χ2v) is 4.39. The van der Waals surface area contributed by atoms with Gasteiger partial charge in [-0.2, -0.15) is 0 Å².